The van der Waals surface area contributed by atoms with Gasteiger partial charge in [0.2, 0.25) is 5.43 Å². The number of aromatic nitrogens is 1. The summed E-state index contributed by atoms with van der Waals surface area (Å²) >= 11 is 6.96. The van der Waals surface area contributed by atoms with Gasteiger partial charge in [0.15, 0.2) is 0 Å². The molecule has 3 heterocycles. The molecule has 0 radical (unpaired) electrons. The zero-order valence-corrected chi connectivity index (χ0v) is 25.6. The molecule has 0 N–H and O–H groups in total. The fraction of sp³-hybridized carbons (Fsp3) is 0.324. The number of piperazine rings is 1. The van der Waals surface area contributed by atoms with Crippen LogP contribution in [0.25, 0.3) is 16.6 Å². The molecular formula is C34H32ClF2N5O3. The van der Waals surface area contributed by atoms with E-state index in [-0.39, 0.29) is 39.5 Å². The highest BCUT2D eigenvalue weighted by atomic mass is 35.5. The Morgan fingerprint density at radius 2 is 1.67 bits per heavy atom. The highest BCUT2D eigenvalue weighted by Gasteiger charge is 2.28. The van der Waals surface area contributed by atoms with Gasteiger partial charge in [-0.1, -0.05) is 29.8 Å². The number of likely N-dealkylation sites (tertiary alicyclic amines) is 1. The Hall–Kier alpha value is -4.46. The molecule has 2 saturated heterocycles. The summed E-state index contributed by atoms with van der Waals surface area (Å²) in [6.07, 6.45) is 3.45. The number of halogens is 3. The van der Waals surface area contributed by atoms with E-state index in [1.54, 1.807) is 36.1 Å². The normalized spacial score (nSPS) is 15.4. The summed E-state index contributed by atoms with van der Waals surface area (Å²) in [7, 11) is 0. The number of anilines is 2. The van der Waals surface area contributed by atoms with Crippen molar-refractivity contribution in [1.82, 2.24) is 9.47 Å². The fourth-order valence-electron chi connectivity index (χ4n) is 6.30. The van der Waals surface area contributed by atoms with Gasteiger partial charge in [-0.05, 0) is 68.8 Å². The Bertz CT molecular complexity index is 1870. The molecule has 11 heteroatoms. The average Bonchev–Trinajstić information content (AvgIpc) is 3.55. The van der Waals surface area contributed by atoms with E-state index < -0.39 is 23.0 Å². The van der Waals surface area contributed by atoms with Gasteiger partial charge in [0.05, 0.1) is 45.2 Å². The van der Waals surface area contributed by atoms with Crippen molar-refractivity contribution in [2.24, 2.45) is 0 Å². The van der Waals surface area contributed by atoms with Crippen LogP contribution in [0.3, 0.4) is 0 Å². The largest absolute Gasteiger partial charge is 0.462 e. The second-order valence-corrected chi connectivity index (χ2v) is 11.6. The maximum absolute atomic E-state index is 15.9. The quantitative estimate of drug-likeness (QED) is 0.235. The molecule has 0 saturated carbocycles. The Balaban J connectivity index is 1.43. The molecule has 4 aromatic rings. The molecule has 2 aliphatic heterocycles. The van der Waals surface area contributed by atoms with Crippen LogP contribution in [0.4, 0.5) is 20.2 Å². The van der Waals surface area contributed by atoms with Crippen LogP contribution in [0.2, 0.25) is 5.02 Å². The molecule has 0 bridgehead atoms. The second-order valence-electron chi connectivity index (χ2n) is 11.3. The molecule has 0 atom stereocenters. The lowest BCUT2D eigenvalue weighted by Crippen LogP contribution is -2.47. The van der Waals surface area contributed by atoms with Crippen molar-refractivity contribution < 1.29 is 18.3 Å². The zero-order valence-electron chi connectivity index (χ0n) is 24.9. The number of hydrogen-bond donors (Lipinski definition) is 0. The van der Waals surface area contributed by atoms with Crippen LogP contribution in [0, 0.1) is 23.0 Å². The van der Waals surface area contributed by atoms with Gasteiger partial charge in [-0.3, -0.25) is 9.69 Å². The number of rotatable bonds is 7. The summed E-state index contributed by atoms with van der Waals surface area (Å²) in [5, 5.41) is 9.31. The minimum Gasteiger partial charge on any atom is -0.462 e. The van der Waals surface area contributed by atoms with E-state index in [0.717, 1.165) is 43.2 Å². The highest BCUT2D eigenvalue weighted by Crippen LogP contribution is 2.38. The van der Waals surface area contributed by atoms with Crippen molar-refractivity contribution in [3.05, 3.63) is 98.3 Å². The number of fused-ring (bicyclic) bond motifs is 1. The number of esters is 1. The van der Waals surface area contributed by atoms with E-state index >= 15 is 8.78 Å². The second kappa shape index (κ2) is 12.9. The van der Waals surface area contributed by atoms with Gasteiger partial charge in [-0.25, -0.2) is 13.6 Å². The first-order valence-corrected chi connectivity index (χ1v) is 15.4. The average molecular weight is 632 g/mol. The van der Waals surface area contributed by atoms with E-state index in [0.29, 0.717) is 38.3 Å². The van der Waals surface area contributed by atoms with Crippen molar-refractivity contribution in [1.29, 1.82) is 5.26 Å². The van der Waals surface area contributed by atoms with Gasteiger partial charge in [0.25, 0.3) is 0 Å². The van der Waals surface area contributed by atoms with Gasteiger partial charge in [-0.2, -0.15) is 5.26 Å². The predicted octanol–water partition coefficient (Wildman–Crippen LogP) is 5.89. The maximum Gasteiger partial charge on any atom is 0.343 e. The number of carbonyl (C=O) groups is 1. The van der Waals surface area contributed by atoms with Crippen LogP contribution >= 0.6 is 11.6 Å². The molecule has 232 valence electrons. The Morgan fingerprint density at radius 1 is 0.956 bits per heavy atom. The predicted molar refractivity (Wildman–Crippen MR) is 171 cm³/mol. The van der Waals surface area contributed by atoms with Crippen LogP contribution in [0.1, 0.15) is 41.3 Å². The number of carbonyl (C=O) groups excluding carboxylic acids is 1. The first-order valence-electron chi connectivity index (χ1n) is 15.0. The lowest BCUT2D eigenvalue weighted by molar-refractivity contribution is 0.0524. The van der Waals surface area contributed by atoms with E-state index in [4.69, 9.17) is 16.3 Å². The number of para-hydroxylation sites is 1. The molecule has 2 aliphatic rings. The van der Waals surface area contributed by atoms with Gasteiger partial charge < -0.3 is 19.1 Å². The molecule has 0 spiro atoms. The van der Waals surface area contributed by atoms with Gasteiger partial charge in [0, 0.05) is 38.9 Å². The van der Waals surface area contributed by atoms with Crippen molar-refractivity contribution in [3.8, 4) is 11.8 Å². The molecule has 8 nitrogen and oxygen atoms in total. The maximum atomic E-state index is 15.9. The van der Waals surface area contributed by atoms with Crippen LogP contribution < -0.4 is 15.2 Å². The lowest BCUT2D eigenvalue weighted by Gasteiger charge is -2.38. The molecule has 6 rings (SSSR count). The van der Waals surface area contributed by atoms with Gasteiger partial charge in [-0.15, -0.1) is 0 Å². The Morgan fingerprint density at radius 3 is 2.36 bits per heavy atom. The fourth-order valence-corrected chi connectivity index (χ4v) is 6.70. The van der Waals surface area contributed by atoms with Gasteiger partial charge >= 0.3 is 5.97 Å². The van der Waals surface area contributed by atoms with E-state index in [9.17, 15) is 14.9 Å². The molecule has 2 fully saturated rings. The number of benzene rings is 3. The monoisotopic (exact) mass is 631 g/mol. The molecule has 0 amide bonds. The van der Waals surface area contributed by atoms with E-state index in [1.165, 1.54) is 16.8 Å². The number of ether oxygens (including phenoxy) is 1. The van der Waals surface area contributed by atoms with Crippen LogP contribution in [-0.4, -0.2) is 61.3 Å². The molecule has 1 aromatic heterocycles. The van der Waals surface area contributed by atoms with Crippen molar-refractivity contribution >= 4 is 39.8 Å². The van der Waals surface area contributed by atoms with E-state index in [2.05, 4.69) is 15.9 Å². The molecular weight excluding hydrogens is 600 g/mol. The number of pyridine rings is 1. The number of nitriles is 1. The SMILES string of the molecule is CCOC(=O)c1cn(-c2ccc(CN3CCCC3)cc2F)c2c(Cl)c(N3CCN(c4ccccc4C#N)CC3)c(F)cc2c1=O. The zero-order chi connectivity index (χ0) is 31.7. The van der Waals surface area contributed by atoms with Gasteiger partial charge in [0.1, 0.15) is 23.3 Å². The standard InChI is InChI=1S/C34H32ClF2N5O3/c1-2-45-34(44)25-21-42(29-10-9-22(17-26(29)36)20-39-11-5-6-12-39)31-24(33(25)43)18-27(37)32(30(31)35)41-15-13-40(14-16-41)28-8-4-3-7-23(28)19-38/h3-4,7-10,17-18,21H,2,5-6,11-16,20H2,1H3. The van der Waals surface area contributed by atoms with Crippen LogP contribution in [0.15, 0.2) is 59.5 Å². The number of nitrogens with zero attached hydrogens (tertiary/aromatic N) is 5. The minimum atomic E-state index is -0.890. The van der Waals surface area contributed by atoms with Crippen molar-refractivity contribution in [2.75, 3.05) is 55.7 Å². The topological polar surface area (TPSA) is 81.8 Å². The third-order valence-electron chi connectivity index (χ3n) is 8.49. The Kier molecular flexibility index (Phi) is 8.74. The summed E-state index contributed by atoms with van der Waals surface area (Å²) in [5.41, 5.74) is 1.28. The molecule has 0 aliphatic carbocycles. The molecule has 45 heavy (non-hydrogen) atoms. The summed E-state index contributed by atoms with van der Waals surface area (Å²) in [5.74, 6) is -2.19. The van der Waals surface area contributed by atoms with Crippen LogP contribution in [0.5, 0.6) is 0 Å². The summed E-state index contributed by atoms with van der Waals surface area (Å²) < 4.78 is 38.2. The van der Waals surface area contributed by atoms with E-state index in [1.807, 2.05) is 12.1 Å². The number of hydrogen-bond acceptors (Lipinski definition) is 7. The third-order valence-corrected chi connectivity index (χ3v) is 8.85. The van der Waals surface area contributed by atoms with Crippen molar-refractivity contribution in [3.63, 3.8) is 0 Å². The first kappa shape index (κ1) is 30.6. The Labute approximate surface area is 264 Å². The first-order chi connectivity index (χ1) is 21.8. The summed E-state index contributed by atoms with van der Waals surface area (Å²) in [6.45, 7) is 5.91. The third kappa shape index (κ3) is 5.86. The summed E-state index contributed by atoms with van der Waals surface area (Å²) in [6, 6.07) is 15.4. The van der Waals surface area contributed by atoms with Crippen LogP contribution in [-0.2, 0) is 11.3 Å². The minimum absolute atomic E-state index is 0.0226. The highest BCUT2D eigenvalue weighted by molar-refractivity contribution is 6.38. The molecule has 0 unspecified atom stereocenters. The molecule has 3 aromatic carbocycles. The lowest BCUT2D eigenvalue weighted by atomic mass is 10.1. The smallest absolute Gasteiger partial charge is 0.343 e. The summed E-state index contributed by atoms with van der Waals surface area (Å²) in [4.78, 5) is 32.4. The van der Waals surface area contributed by atoms with Crippen molar-refractivity contribution in [2.45, 2.75) is 26.3 Å².